The van der Waals surface area contributed by atoms with Crippen LogP contribution in [0.4, 0.5) is 0 Å². The molecule has 0 radical (unpaired) electrons. The molecule has 1 aliphatic rings. The van der Waals surface area contributed by atoms with Crippen molar-refractivity contribution in [2.45, 2.75) is 38.7 Å². The average Bonchev–Trinajstić information content (AvgIpc) is 2.66. The van der Waals surface area contributed by atoms with Gasteiger partial charge in [-0.3, -0.25) is 4.79 Å². The van der Waals surface area contributed by atoms with E-state index in [1.54, 1.807) is 6.07 Å². The summed E-state index contributed by atoms with van der Waals surface area (Å²) in [6.45, 7) is 2.33. The second-order valence-electron chi connectivity index (χ2n) is 4.87. The third-order valence-corrected chi connectivity index (χ3v) is 4.78. The molecule has 2 rings (SSSR count). The van der Waals surface area contributed by atoms with Gasteiger partial charge in [0.15, 0.2) is 5.78 Å². The van der Waals surface area contributed by atoms with Crippen LogP contribution in [0.2, 0.25) is 8.67 Å². The number of carbonyl (C=O) groups is 1. The summed E-state index contributed by atoms with van der Waals surface area (Å²) in [5, 5.41) is 0. The van der Waals surface area contributed by atoms with Crippen LogP contribution in [0.15, 0.2) is 6.07 Å². The summed E-state index contributed by atoms with van der Waals surface area (Å²) < 4.78 is 6.67. The molecule has 1 aromatic heterocycles. The Hall–Kier alpha value is -0.0900. The van der Waals surface area contributed by atoms with E-state index in [1.807, 2.05) is 0 Å². The topological polar surface area (TPSA) is 26.3 Å². The second-order valence-corrected chi connectivity index (χ2v) is 7.15. The Labute approximate surface area is 121 Å². The lowest BCUT2D eigenvalue weighted by Gasteiger charge is -2.26. The summed E-state index contributed by atoms with van der Waals surface area (Å²) in [7, 11) is 0. The number of hydrogen-bond acceptors (Lipinski definition) is 3. The van der Waals surface area contributed by atoms with E-state index in [-0.39, 0.29) is 18.5 Å². The van der Waals surface area contributed by atoms with Crippen LogP contribution in [0.1, 0.15) is 43.0 Å². The van der Waals surface area contributed by atoms with E-state index in [9.17, 15) is 4.79 Å². The zero-order valence-electron chi connectivity index (χ0n) is 10.2. The first-order valence-corrected chi connectivity index (χ1v) is 7.73. The van der Waals surface area contributed by atoms with Gasteiger partial charge in [0.1, 0.15) is 10.9 Å². The normalized spacial score (nSPS) is 24.2. The van der Waals surface area contributed by atoms with Crippen LogP contribution < -0.4 is 0 Å². The first-order valence-electron chi connectivity index (χ1n) is 6.16. The van der Waals surface area contributed by atoms with Gasteiger partial charge >= 0.3 is 0 Å². The number of ether oxygens (including phenoxy) is 1. The summed E-state index contributed by atoms with van der Waals surface area (Å²) in [5.74, 6) is 0.611. The zero-order chi connectivity index (χ0) is 13.1. The summed E-state index contributed by atoms with van der Waals surface area (Å²) in [5.41, 5.74) is 0.482. The predicted octanol–water partition coefficient (Wildman–Crippen LogP) is 4.83. The molecule has 0 aliphatic heterocycles. The van der Waals surface area contributed by atoms with Crippen molar-refractivity contribution in [1.82, 2.24) is 0 Å². The van der Waals surface area contributed by atoms with Crippen LogP contribution in [0, 0.1) is 5.92 Å². The summed E-state index contributed by atoms with van der Waals surface area (Å²) in [6.07, 6.45) is 4.76. The molecule has 0 aromatic carbocycles. The molecule has 1 heterocycles. The molecule has 1 saturated carbocycles. The molecule has 2 unspecified atom stereocenters. The Kier molecular flexibility index (Phi) is 5.07. The fraction of sp³-hybridized carbons (Fsp3) is 0.615. The molecule has 0 N–H and O–H groups in total. The van der Waals surface area contributed by atoms with Gasteiger partial charge in [-0.15, -0.1) is 11.3 Å². The van der Waals surface area contributed by atoms with E-state index < -0.39 is 0 Å². The number of carbonyl (C=O) groups excluding carboxylic acids is 1. The molecular formula is C13H16Cl2O2S. The Bertz CT molecular complexity index is 431. The Morgan fingerprint density at radius 2 is 2.28 bits per heavy atom. The van der Waals surface area contributed by atoms with Crippen LogP contribution in [0.3, 0.4) is 0 Å². The van der Waals surface area contributed by atoms with Gasteiger partial charge in [-0.25, -0.2) is 0 Å². The monoisotopic (exact) mass is 306 g/mol. The van der Waals surface area contributed by atoms with Gasteiger partial charge < -0.3 is 4.74 Å². The quantitative estimate of drug-likeness (QED) is 0.745. The first-order chi connectivity index (χ1) is 8.56. The van der Waals surface area contributed by atoms with Crippen molar-refractivity contribution in [3.63, 3.8) is 0 Å². The molecular weight excluding hydrogens is 291 g/mol. The Morgan fingerprint density at radius 3 is 2.89 bits per heavy atom. The number of thiophene rings is 1. The van der Waals surface area contributed by atoms with Crippen molar-refractivity contribution in [1.29, 1.82) is 0 Å². The standard InChI is InChI=1S/C13H16Cl2O2S/c1-8-3-2-4-9(5-8)17-7-11(16)10-6-12(14)18-13(10)15/h6,8-9H,2-5,7H2,1H3. The lowest BCUT2D eigenvalue weighted by molar-refractivity contribution is 0.0182. The SMILES string of the molecule is CC1CCCC(OCC(=O)c2cc(Cl)sc2Cl)C1. The molecule has 1 aliphatic carbocycles. The maximum absolute atomic E-state index is 11.9. The molecule has 0 amide bonds. The van der Waals surface area contributed by atoms with Crippen LogP contribution in [0.5, 0.6) is 0 Å². The second kappa shape index (κ2) is 6.38. The first kappa shape index (κ1) is 14.3. The lowest BCUT2D eigenvalue weighted by atomic mass is 9.89. The molecule has 0 saturated heterocycles. The number of Topliss-reactive ketones (excluding diaryl/α,β-unsaturated/α-hetero) is 1. The van der Waals surface area contributed by atoms with Crippen molar-refractivity contribution in [3.8, 4) is 0 Å². The van der Waals surface area contributed by atoms with Gasteiger partial charge in [-0.2, -0.15) is 0 Å². The molecule has 18 heavy (non-hydrogen) atoms. The lowest BCUT2D eigenvalue weighted by Crippen LogP contribution is -2.24. The molecule has 5 heteroatoms. The third-order valence-electron chi connectivity index (χ3n) is 3.30. The van der Waals surface area contributed by atoms with E-state index in [4.69, 9.17) is 27.9 Å². The minimum Gasteiger partial charge on any atom is -0.370 e. The van der Waals surface area contributed by atoms with Crippen LogP contribution in [0.25, 0.3) is 0 Å². The van der Waals surface area contributed by atoms with Crippen molar-refractivity contribution < 1.29 is 9.53 Å². The van der Waals surface area contributed by atoms with Crippen LogP contribution in [-0.2, 0) is 4.74 Å². The molecule has 2 atom stereocenters. The number of rotatable bonds is 4. The maximum atomic E-state index is 11.9. The average molecular weight is 307 g/mol. The summed E-state index contributed by atoms with van der Waals surface area (Å²) >= 11 is 13.0. The van der Waals surface area contributed by atoms with Crippen molar-refractivity contribution in [3.05, 3.63) is 20.3 Å². The molecule has 2 nitrogen and oxygen atoms in total. The maximum Gasteiger partial charge on any atom is 0.190 e. The molecule has 0 spiro atoms. The number of hydrogen-bond donors (Lipinski definition) is 0. The largest absolute Gasteiger partial charge is 0.370 e. The van der Waals surface area contributed by atoms with E-state index in [0.717, 1.165) is 12.8 Å². The molecule has 100 valence electrons. The van der Waals surface area contributed by atoms with Gasteiger partial charge in [0.25, 0.3) is 0 Å². The van der Waals surface area contributed by atoms with Gasteiger partial charge in [0, 0.05) is 0 Å². The minimum atomic E-state index is -0.0821. The number of halogens is 2. The van der Waals surface area contributed by atoms with E-state index in [2.05, 4.69) is 6.92 Å². The summed E-state index contributed by atoms with van der Waals surface area (Å²) in [4.78, 5) is 11.9. The fourth-order valence-electron chi connectivity index (χ4n) is 2.33. The summed E-state index contributed by atoms with van der Waals surface area (Å²) in [6, 6.07) is 1.61. The Balaban J connectivity index is 1.86. The third kappa shape index (κ3) is 3.70. The predicted molar refractivity (Wildman–Crippen MR) is 76.0 cm³/mol. The Morgan fingerprint density at radius 1 is 1.50 bits per heavy atom. The van der Waals surface area contributed by atoms with E-state index in [0.29, 0.717) is 20.2 Å². The van der Waals surface area contributed by atoms with Gasteiger partial charge in [0.2, 0.25) is 0 Å². The van der Waals surface area contributed by atoms with E-state index >= 15 is 0 Å². The van der Waals surface area contributed by atoms with Crippen molar-refractivity contribution in [2.75, 3.05) is 6.61 Å². The highest BCUT2D eigenvalue weighted by molar-refractivity contribution is 7.20. The molecule has 1 aromatic rings. The number of ketones is 1. The van der Waals surface area contributed by atoms with Crippen molar-refractivity contribution >= 4 is 40.3 Å². The van der Waals surface area contributed by atoms with Gasteiger partial charge in [0.05, 0.1) is 16.0 Å². The highest BCUT2D eigenvalue weighted by Gasteiger charge is 2.21. The van der Waals surface area contributed by atoms with Crippen molar-refractivity contribution in [2.24, 2.45) is 5.92 Å². The van der Waals surface area contributed by atoms with Gasteiger partial charge in [-0.1, -0.05) is 43.0 Å². The zero-order valence-corrected chi connectivity index (χ0v) is 12.6. The minimum absolute atomic E-state index is 0.0821. The van der Waals surface area contributed by atoms with E-state index in [1.165, 1.54) is 24.2 Å². The fourth-order valence-corrected chi connectivity index (χ4v) is 3.83. The highest BCUT2D eigenvalue weighted by Crippen LogP contribution is 2.32. The molecule has 1 fully saturated rings. The van der Waals surface area contributed by atoms with Gasteiger partial charge in [-0.05, 0) is 24.8 Å². The highest BCUT2D eigenvalue weighted by atomic mass is 35.5. The smallest absolute Gasteiger partial charge is 0.190 e. The van der Waals surface area contributed by atoms with Crippen LogP contribution >= 0.6 is 34.5 Å². The molecule has 0 bridgehead atoms. The van der Waals surface area contributed by atoms with Crippen LogP contribution in [-0.4, -0.2) is 18.5 Å².